The van der Waals surface area contributed by atoms with E-state index in [1.165, 1.54) is 10.2 Å². The number of nitrogens with one attached hydrogen (secondary N) is 1. The summed E-state index contributed by atoms with van der Waals surface area (Å²) < 4.78 is 3.23. The Bertz CT molecular complexity index is 895. The first-order chi connectivity index (χ1) is 10.9. The summed E-state index contributed by atoms with van der Waals surface area (Å²) in [7, 11) is 0. The van der Waals surface area contributed by atoms with Crippen LogP contribution >= 0.6 is 0 Å². The lowest BCUT2D eigenvalue weighted by molar-refractivity contribution is 0.689. The Kier molecular flexibility index (Phi) is 2.97. The summed E-state index contributed by atoms with van der Waals surface area (Å²) in [6, 6.07) is 15.7. The summed E-state index contributed by atoms with van der Waals surface area (Å²) in [5, 5.41) is 23.0. The lowest BCUT2D eigenvalue weighted by Crippen LogP contribution is -2.03. The van der Waals surface area contributed by atoms with Gasteiger partial charge in [-0.1, -0.05) is 30.3 Å². The van der Waals surface area contributed by atoms with Crippen LogP contribution in [0, 0.1) is 0 Å². The smallest absolute Gasteiger partial charge is 0.200 e. The molecule has 8 heteroatoms. The summed E-state index contributed by atoms with van der Waals surface area (Å²) in [6.45, 7) is 0.724. The average Bonchev–Trinajstić information content (AvgIpc) is 3.17. The molecule has 1 N–H and O–H groups in total. The molecule has 3 heterocycles. The van der Waals surface area contributed by atoms with E-state index in [4.69, 9.17) is 0 Å². The molecule has 4 aromatic rings. The highest BCUT2D eigenvalue weighted by Crippen LogP contribution is 2.12. The topological polar surface area (TPSA) is 85.8 Å². The van der Waals surface area contributed by atoms with Gasteiger partial charge in [0.15, 0.2) is 17.3 Å². The lowest BCUT2D eigenvalue weighted by Gasteiger charge is -2.02. The Hall–Kier alpha value is -3.29. The molecule has 8 nitrogen and oxygen atoms in total. The Balaban J connectivity index is 1.51. The highest BCUT2D eigenvalue weighted by Gasteiger charge is 2.04. The third kappa shape index (κ3) is 2.49. The summed E-state index contributed by atoms with van der Waals surface area (Å²) in [5.74, 6) is 1.35. The molecule has 22 heavy (non-hydrogen) atoms. The largest absolute Gasteiger partial charge is 0.322 e. The van der Waals surface area contributed by atoms with Gasteiger partial charge in [0.2, 0.25) is 0 Å². The number of hydrogen-bond acceptors (Lipinski definition) is 6. The van der Waals surface area contributed by atoms with Crippen LogP contribution in [-0.4, -0.2) is 35.0 Å². The van der Waals surface area contributed by atoms with Gasteiger partial charge in [0.05, 0.1) is 6.54 Å². The molecular formula is C14H12N8. The second kappa shape index (κ2) is 5.24. The Morgan fingerprint density at radius 1 is 0.909 bits per heavy atom. The van der Waals surface area contributed by atoms with Crippen LogP contribution in [0.3, 0.4) is 0 Å². The number of anilines is 2. The molecule has 0 bridgehead atoms. The summed E-state index contributed by atoms with van der Waals surface area (Å²) >= 11 is 0. The minimum atomic E-state index is 0.597. The first-order valence-electron chi connectivity index (χ1n) is 6.77. The van der Waals surface area contributed by atoms with Crippen LogP contribution in [0.2, 0.25) is 0 Å². The molecule has 0 spiro atoms. The van der Waals surface area contributed by atoms with E-state index in [-0.39, 0.29) is 0 Å². The minimum Gasteiger partial charge on any atom is -0.322 e. The predicted octanol–water partition coefficient (Wildman–Crippen LogP) is 1.51. The lowest BCUT2D eigenvalue weighted by atomic mass is 10.2. The van der Waals surface area contributed by atoms with Gasteiger partial charge >= 0.3 is 0 Å². The van der Waals surface area contributed by atoms with E-state index in [1.807, 2.05) is 41.2 Å². The van der Waals surface area contributed by atoms with Gasteiger partial charge in [0.1, 0.15) is 0 Å². The highest BCUT2D eigenvalue weighted by atomic mass is 15.6. The van der Waals surface area contributed by atoms with E-state index in [9.17, 15) is 0 Å². The van der Waals surface area contributed by atoms with Crippen LogP contribution in [0.5, 0.6) is 0 Å². The van der Waals surface area contributed by atoms with Crippen molar-refractivity contribution in [2.75, 3.05) is 5.32 Å². The molecule has 0 fully saturated rings. The maximum Gasteiger partial charge on any atom is 0.200 e. The van der Waals surface area contributed by atoms with Gasteiger partial charge in [-0.05, 0) is 28.1 Å². The maximum absolute atomic E-state index is 4.47. The predicted molar refractivity (Wildman–Crippen MR) is 79.6 cm³/mol. The summed E-state index contributed by atoms with van der Waals surface area (Å²) in [5.41, 5.74) is 1.80. The molecule has 3 aromatic heterocycles. The van der Waals surface area contributed by atoms with Crippen molar-refractivity contribution in [2.45, 2.75) is 6.54 Å². The fraction of sp³-hybridized carbons (Fsp3) is 0.0714. The molecule has 0 atom stereocenters. The zero-order valence-electron chi connectivity index (χ0n) is 11.5. The van der Waals surface area contributed by atoms with Crippen LogP contribution in [0.15, 0.2) is 54.7 Å². The van der Waals surface area contributed by atoms with Crippen LogP contribution in [0.25, 0.3) is 5.65 Å². The zero-order valence-corrected chi connectivity index (χ0v) is 11.5. The van der Waals surface area contributed by atoms with Gasteiger partial charge in [0.25, 0.3) is 0 Å². The normalized spacial score (nSPS) is 10.9. The molecular weight excluding hydrogens is 280 g/mol. The number of aromatic nitrogens is 7. The molecule has 0 aliphatic heterocycles. The first-order valence-corrected chi connectivity index (χ1v) is 6.77. The van der Waals surface area contributed by atoms with Crippen molar-refractivity contribution in [3.8, 4) is 0 Å². The van der Waals surface area contributed by atoms with Gasteiger partial charge in [-0.25, -0.2) is 0 Å². The Morgan fingerprint density at radius 2 is 1.77 bits per heavy atom. The molecule has 1 aromatic carbocycles. The van der Waals surface area contributed by atoms with Crippen molar-refractivity contribution in [2.24, 2.45) is 0 Å². The van der Waals surface area contributed by atoms with Gasteiger partial charge < -0.3 is 5.32 Å². The van der Waals surface area contributed by atoms with Crippen molar-refractivity contribution in [3.05, 3.63) is 60.3 Å². The monoisotopic (exact) mass is 292 g/mol. The Morgan fingerprint density at radius 3 is 2.68 bits per heavy atom. The fourth-order valence-corrected chi connectivity index (χ4v) is 2.13. The Labute approximate surface area is 125 Å². The average molecular weight is 292 g/mol. The number of rotatable bonds is 4. The van der Waals surface area contributed by atoms with E-state index in [0.29, 0.717) is 11.5 Å². The summed E-state index contributed by atoms with van der Waals surface area (Å²) in [4.78, 5) is 0. The number of nitrogens with zero attached hydrogens (tertiary/aromatic N) is 7. The number of tetrazole rings is 1. The van der Waals surface area contributed by atoms with Crippen LogP contribution in [0.1, 0.15) is 5.56 Å². The SMILES string of the molecule is c1ccc(Cn2ccc(Nc3ccc4nnnn4n3)n2)cc1. The van der Waals surface area contributed by atoms with Crippen LogP contribution < -0.4 is 5.32 Å². The van der Waals surface area contributed by atoms with Crippen molar-refractivity contribution < 1.29 is 0 Å². The number of fused-ring (bicyclic) bond motifs is 1. The molecule has 0 saturated carbocycles. The van der Waals surface area contributed by atoms with Crippen molar-refractivity contribution >= 4 is 17.3 Å². The molecule has 108 valence electrons. The third-order valence-corrected chi connectivity index (χ3v) is 3.15. The number of hydrogen-bond donors (Lipinski definition) is 1. The van der Waals surface area contributed by atoms with E-state index in [0.717, 1.165) is 12.4 Å². The van der Waals surface area contributed by atoms with Gasteiger partial charge in [-0.2, -0.15) is 5.10 Å². The standard InChI is InChI=1S/C14H12N8/c1-2-4-11(5-3-1)10-21-9-8-13(17-21)15-12-6-7-14-16-19-20-22(14)18-12/h1-9H,10H2,(H,15,17,18). The van der Waals surface area contributed by atoms with E-state index in [2.05, 4.69) is 43.2 Å². The second-order valence-corrected chi connectivity index (χ2v) is 4.75. The van der Waals surface area contributed by atoms with Crippen molar-refractivity contribution in [1.82, 2.24) is 35.0 Å². The molecule has 0 aliphatic carbocycles. The zero-order chi connectivity index (χ0) is 14.8. The third-order valence-electron chi connectivity index (χ3n) is 3.15. The van der Waals surface area contributed by atoms with E-state index < -0.39 is 0 Å². The maximum atomic E-state index is 4.47. The summed E-state index contributed by atoms with van der Waals surface area (Å²) in [6.07, 6.45) is 1.92. The van der Waals surface area contributed by atoms with E-state index in [1.54, 1.807) is 6.07 Å². The molecule has 0 aliphatic rings. The van der Waals surface area contributed by atoms with Crippen LogP contribution in [-0.2, 0) is 6.54 Å². The quantitative estimate of drug-likeness (QED) is 0.613. The van der Waals surface area contributed by atoms with Crippen molar-refractivity contribution in [1.29, 1.82) is 0 Å². The van der Waals surface area contributed by atoms with Gasteiger partial charge in [0, 0.05) is 12.3 Å². The molecule has 0 amide bonds. The first kappa shape index (κ1) is 12.5. The fourth-order valence-electron chi connectivity index (χ4n) is 2.13. The highest BCUT2D eigenvalue weighted by molar-refractivity contribution is 5.52. The van der Waals surface area contributed by atoms with Crippen LogP contribution in [0.4, 0.5) is 11.6 Å². The van der Waals surface area contributed by atoms with Gasteiger partial charge in [-0.3, -0.25) is 4.68 Å². The molecule has 4 rings (SSSR count). The minimum absolute atomic E-state index is 0.597. The van der Waals surface area contributed by atoms with Gasteiger partial charge in [-0.15, -0.1) is 14.8 Å². The second-order valence-electron chi connectivity index (χ2n) is 4.75. The molecule has 0 radical (unpaired) electrons. The van der Waals surface area contributed by atoms with E-state index >= 15 is 0 Å². The molecule has 0 saturated heterocycles. The van der Waals surface area contributed by atoms with Crippen molar-refractivity contribution in [3.63, 3.8) is 0 Å². The molecule has 0 unspecified atom stereocenters. The number of benzene rings is 1.